The molecule has 4 nitrogen and oxygen atoms in total. The summed E-state index contributed by atoms with van der Waals surface area (Å²) in [6.45, 7) is 0. The summed E-state index contributed by atoms with van der Waals surface area (Å²) < 4.78 is 2.61. The number of phenolic OH excluding ortho intramolecular Hbond substituents is 1. The first kappa shape index (κ1) is 17.5. The number of nitrogens with zero attached hydrogens (tertiary/aromatic N) is 2. The molecule has 4 aromatic rings. The van der Waals surface area contributed by atoms with Crippen molar-refractivity contribution >= 4 is 45.6 Å². The maximum Gasteiger partial charge on any atom is 0.266 e. The van der Waals surface area contributed by atoms with E-state index in [4.69, 9.17) is 4.98 Å². The van der Waals surface area contributed by atoms with Crippen LogP contribution in [0.4, 0.5) is 0 Å². The fourth-order valence-corrected chi connectivity index (χ4v) is 3.36. The topological polar surface area (TPSA) is 55.1 Å². The summed E-state index contributed by atoms with van der Waals surface area (Å²) in [5.41, 5.74) is 2.23. The van der Waals surface area contributed by atoms with Gasteiger partial charge in [0.05, 0.1) is 16.6 Å². The zero-order chi connectivity index (χ0) is 18.8. The number of hydrogen-bond acceptors (Lipinski definition) is 3. The molecular weight excluding hydrogens is 451 g/mol. The Kier molecular flexibility index (Phi) is 4.77. The van der Waals surface area contributed by atoms with Crippen LogP contribution in [-0.4, -0.2) is 14.7 Å². The largest absolute Gasteiger partial charge is 0.508 e. The van der Waals surface area contributed by atoms with Crippen molar-refractivity contribution in [2.24, 2.45) is 0 Å². The van der Waals surface area contributed by atoms with Crippen LogP contribution in [0.2, 0.25) is 0 Å². The lowest BCUT2D eigenvalue weighted by Gasteiger charge is -2.11. The molecule has 3 aromatic carbocycles. The van der Waals surface area contributed by atoms with Gasteiger partial charge in [0.15, 0.2) is 0 Å². The zero-order valence-electron chi connectivity index (χ0n) is 14.2. The molecule has 0 amide bonds. The molecule has 132 valence electrons. The molecule has 1 N–H and O–H groups in total. The molecule has 0 bridgehead atoms. The fraction of sp³-hybridized carbons (Fsp3) is 0. The van der Waals surface area contributed by atoms with Gasteiger partial charge in [-0.3, -0.25) is 9.36 Å². The molecule has 1 aromatic heterocycles. The Morgan fingerprint density at radius 2 is 1.67 bits per heavy atom. The molecule has 0 unspecified atom stereocenters. The Morgan fingerprint density at radius 1 is 0.926 bits per heavy atom. The van der Waals surface area contributed by atoms with Gasteiger partial charge in [-0.25, -0.2) is 4.98 Å². The van der Waals surface area contributed by atoms with Gasteiger partial charge in [-0.15, -0.1) is 0 Å². The van der Waals surface area contributed by atoms with E-state index >= 15 is 0 Å². The molecule has 4 rings (SSSR count). The third kappa shape index (κ3) is 3.64. The quantitative estimate of drug-likeness (QED) is 0.439. The number of fused-ring (bicyclic) bond motifs is 1. The molecule has 0 aliphatic carbocycles. The van der Waals surface area contributed by atoms with Crippen LogP contribution in [0, 0.1) is 3.57 Å². The van der Waals surface area contributed by atoms with Crippen LogP contribution in [0.5, 0.6) is 5.75 Å². The molecule has 0 aliphatic heterocycles. The molecule has 0 radical (unpaired) electrons. The predicted octanol–water partition coefficient (Wildman–Crippen LogP) is 4.87. The van der Waals surface area contributed by atoms with E-state index in [2.05, 4.69) is 22.6 Å². The van der Waals surface area contributed by atoms with E-state index in [1.807, 2.05) is 60.7 Å². The summed E-state index contributed by atoms with van der Waals surface area (Å²) in [5, 5.41) is 10.0. The average molecular weight is 466 g/mol. The summed E-state index contributed by atoms with van der Waals surface area (Å²) in [4.78, 5) is 17.9. The van der Waals surface area contributed by atoms with E-state index in [1.165, 1.54) is 0 Å². The summed E-state index contributed by atoms with van der Waals surface area (Å²) in [6.07, 6.45) is 3.69. The van der Waals surface area contributed by atoms with Crippen LogP contribution in [0.1, 0.15) is 11.4 Å². The number of rotatable bonds is 3. The summed E-state index contributed by atoms with van der Waals surface area (Å²) in [5.74, 6) is 0.764. The highest BCUT2D eigenvalue weighted by Gasteiger charge is 2.11. The highest BCUT2D eigenvalue weighted by molar-refractivity contribution is 14.1. The highest BCUT2D eigenvalue weighted by atomic mass is 127. The second-order valence-electron chi connectivity index (χ2n) is 6.03. The Labute approximate surface area is 169 Å². The van der Waals surface area contributed by atoms with E-state index in [1.54, 1.807) is 28.8 Å². The minimum atomic E-state index is -0.102. The van der Waals surface area contributed by atoms with E-state index in [9.17, 15) is 9.90 Å². The van der Waals surface area contributed by atoms with E-state index in [0.29, 0.717) is 16.7 Å². The van der Waals surface area contributed by atoms with Gasteiger partial charge in [-0.1, -0.05) is 36.4 Å². The van der Waals surface area contributed by atoms with Crippen LogP contribution >= 0.6 is 22.6 Å². The minimum Gasteiger partial charge on any atom is -0.508 e. The standard InChI is InChI=1S/C22H15IN2O2/c23-16-9-12-20-19(14-16)22(27)25(17-4-2-1-3-5-17)21(24-20)13-8-15-6-10-18(26)11-7-15/h1-14,26H/b13-8+. The predicted molar refractivity (Wildman–Crippen MR) is 117 cm³/mol. The van der Waals surface area contributed by atoms with Crippen molar-refractivity contribution in [2.45, 2.75) is 0 Å². The number of halogens is 1. The number of phenols is 1. The van der Waals surface area contributed by atoms with Crippen molar-refractivity contribution in [3.8, 4) is 11.4 Å². The van der Waals surface area contributed by atoms with Gasteiger partial charge in [0, 0.05) is 3.57 Å². The van der Waals surface area contributed by atoms with Gasteiger partial charge < -0.3 is 5.11 Å². The third-order valence-corrected chi connectivity index (χ3v) is 4.86. The molecule has 27 heavy (non-hydrogen) atoms. The van der Waals surface area contributed by atoms with Gasteiger partial charge >= 0.3 is 0 Å². The summed E-state index contributed by atoms with van der Waals surface area (Å²) in [6, 6.07) is 22.0. The first-order valence-electron chi connectivity index (χ1n) is 8.37. The lowest BCUT2D eigenvalue weighted by molar-refractivity contribution is 0.475. The first-order chi connectivity index (χ1) is 13.1. The smallest absolute Gasteiger partial charge is 0.266 e. The second kappa shape index (κ2) is 7.36. The van der Waals surface area contributed by atoms with Crippen molar-refractivity contribution in [3.05, 3.63) is 98.1 Å². The van der Waals surface area contributed by atoms with Gasteiger partial charge in [0.1, 0.15) is 11.6 Å². The molecule has 0 spiro atoms. The highest BCUT2D eigenvalue weighted by Crippen LogP contribution is 2.18. The number of aromatic nitrogens is 2. The summed E-state index contributed by atoms with van der Waals surface area (Å²) in [7, 11) is 0. The van der Waals surface area contributed by atoms with E-state index in [-0.39, 0.29) is 11.3 Å². The number of para-hydroxylation sites is 1. The summed E-state index contributed by atoms with van der Waals surface area (Å²) >= 11 is 2.20. The molecule has 1 heterocycles. The van der Waals surface area contributed by atoms with Crippen LogP contribution in [-0.2, 0) is 0 Å². The van der Waals surface area contributed by atoms with Crippen molar-refractivity contribution in [1.29, 1.82) is 0 Å². The average Bonchev–Trinajstić information content (AvgIpc) is 2.69. The number of aromatic hydroxyl groups is 1. The maximum absolute atomic E-state index is 13.2. The van der Waals surface area contributed by atoms with Gasteiger partial charge in [0.2, 0.25) is 0 Å². The van der Waals surface area contributed by atoms with Crippen molar-refractivity contribution in [1.82, 2.24) is 9.55 Å². The molecule has 0 saturated carbocycles. The van der Waals surface area contributed by atoms with Crippen LogP contribution in [0.25, 0.3) is 28.7 Å². The van der Waals surface area contributed by atoms with Crippen LogP contribution < -0.4 is 5.56 Å². The van der Waals surface area contributed by atoms with Crippen molar-refractivity contribution in [3.63, 3.8) is 0 Å². The van der Waals surface area contributed by atoms with Crippen LogP contribution in [0.15, 0.2) is 77.6 Å². The van der Waals surface area contributed by atoms with Crippen molar-refractivity contribution in [2.75, 3.05) is 0 Å². The molecule has 0 saturated heterocycles. The lowest BCUT2D eigenvalue weighted by atomic mass is 10.2. The molecule has 0 fully saturated rings. The van der Waals surface area contributed by atoms with Crippen LogP contribution in [0.3, 0.4) is 0 Å². The molecule has 5 heteroatoms. The van der Waals surface area contributed by atoms with Gasteiger partial charge in [-0.2, -0.15) is 0 Å². The van der Waals surface area contributed by atoms with E-state index < -0.39 is 0 Å². The Hall–Kier alpha value is -2.93. The maximum atomic E-state index is 13.2. The van der Waals surface area contributed by atoms with Gasteiger partial charge in [-0.05, 0) is 76.7 Å². The zero-order valence-corrected chi connectivity index (χ0v) is 16.4. The molecule has 0 atom stereocenters. The third-order valence-electron chi connectivity index (χ3n) is 4.19. The SMILES string of the molecule is O=c1c2cc(I)ccc2nc(/C=C/c2ccc(O)cc2)n1-c1ccccc1. The minimum absolute atomic E-state index is 0.102. The number of benzene rings is 3. The van der Waals surface area contributed by atoms with Gasteiger partial charge in [0.25, 0.3) is 5.56 Å². The van der Waals surface area contributed by atoms with Crippen molar-refractivity contribution < 1.29 is 5.11 Å². The molecular formula is C22H15IN2O2. The monoisotopic (exact) mass is 466 g/mol. The fourth-order valence-electron chi connectivity index (χ4n) is 2.87. The Bertz CT molecular complexity index is 1200. The second-order valence-corrected chi connectivity index (χ2v) is 7.28. The molecule has 0 aliphatic rings. The van der Waals surface area contributed by atoms with E-state index in [0.717, 1.165) is 14.8 Å². The Morgan fingerprint density at radius 3 is 2.41 bits per heavy atom. The normalized spacial score (nSPS) is 11.3. The number of hydrogen-bond donors (Lipinski definition) is 1. The Balaban J connectivity index is 1.94. The lowest BCUT2D eigenvalue weighted by Crippen LogP contribution is -2.22. The first-order valence-corrected chi connectivity index (χ1v) is 9.44.